The van der Waals surface area contributed by atoms with Gasteiger partial charge in [0.15, 0.2) is 6.10 Å². The van der Waals surface area contributed by atoms with Gasteiger partial charge in [-0.05, 0) is 44.0 Å². The Labute approximate surface area is 139 Å². The van der Waals surface area contributed by atoms with Gasteiger partial charge in [-0.3, -0.25) is 14.9 Å². The first-order valence-electron chi connectivity index (χ1n) is 6.98. The largest absolute Gasteiger partial charge is 0.493 e. The van der Waals surface area contributed by atoms with Crippen LogP contribution in [0.2, 0.25) is 5.02 Å². The average Bonchev–Trinajstić information content (AvgIpc) is 2.44. The number of carbonyl (C=O) groups is 3. The van der Waals surface area contributed by atoms with Crippen LogP contribution in [-0.2, 0) is 14.3 Å². The lowest BCUT2D eigenvalue weighted by Gasteiger charge is -2.12. The molecule has 0 aliphatic heterocycles. The quantitative estimate of drug-likeness (QED) is 0.581. The fourth-order valence-electron chi connectivity index (χ4n) is 1.71. The van der Waals surface area contributed by atoms with E-state index in [2.05, 4.69) is 0 Å². The minimum absolute atomic E-state index is 0.0842. The van der Waals surface area contributed by atoms with Crippen molar-refractivity contribution >= 4 is 29.5 Å². The van der Waals surface area contributed by atoms with Gasteiger partial charge in [0, 0.05) is 11.4 Å². The van der Waals surface area contributed by atoms with Crippen LogP contribution in [0.25, 0.3) is 0 Å². The van der Waals surface area contributed by atoms with E-state index in [9.17, 15) is 14.4 Å². The number of amides is 3. The first-order valence-corrected chi connectivity index (χ1v) is 7.36. The van der Waals surface area contributed by atoms with Crippen LogP contribution >= 0.6 is 11.6 Å². The van der Waals surface area contributed by atoms with Gasteiger partial charge in [-0.15, -0.1) is 0 Å². The summed E-state index contributed by atoms with van der Waals surface area (Å²) >= 11 is 5.85. The third kappa shape index (κ3) is 7.01. The summed E-state index contributed by atoms with van der Waals surface area (Å²) in [6.07, 6.45) is -0.583. The summed E-state index contributed by atoms with van der Waals surface area (Å²) in [7, 11) is 0. The van der Waals surface area contributed by atoms with Crippen LogP contribution in [0.3, 0.4) is 0 Å². The molecule has 0 saturated carbocycles. The molecule has 0 fully saturated rings. The van der Waals surface area contributed by atoms with E-state index in [1.165, 1.54) is 6.92 Å². The van der Waals surface area contributed by atoms with Crippen LogP contribution in [0, 0.1) is 6.92 Å². The molecule has 3 amide bonds. The molecule has 1 aromatic carbocycles. The van der Waals surface area contributed by atoms with Crippen LogP contribution in [-0.4, -0.2) is 30.6 Å². The zero-order chi connectivity index (χ0) is 17.4. The molecule has 0 radical (unpaired) electrons. The maximum atomic E-state index is 11.6. The molecular weight excluding hydrogens is 324 g/mol. The van der Waals surface area contributed by atoms with E-state index in [1.807, 2.05) is 12.2 Å². The summed E-state index contributed by atoms with van der Waals surface area (Å²) in [5.74, 6) is -0.635. The number of hydrogen-bond acceptors (Lipinski definition) is 5. The zero-order valence-corrected chi connectivity index (χ0v) is 13.7. The number of carbonyl (C=O) groups excluding carboxylic acids is 3. The molecule has 1 rings (SSSR count). The standard InChI is InChI=1S/C15H19ClN2O5/c1-9-8-11(16)5-6-12(9)22-7-3-4-13(19)23-10(2)14(20)18-15(17)21/h5-6,8,10H,3-4,7H2,1-2H3,(H3,17,18,20,21)/t10-/m0/s1. The van der Waals surface area contributed by atoms with Crippen LogP contribution in [0.4, 0.5) is 4.79 Å². The van der Waals surface area contributed by atoms with Gasteiger partial charge in [-0.25, -0.2) is 4.79 Å². The van der Waals surface area contributed by atoms with Crippen LogP contribution < -0.4 is 15.8 Å². The van der Waals surface area contributed by atoms with Crippen molar-refractivity contribution < 1.29 is 23.9 Å². The van der Waals surface area contributed by atoms with Gasteiger partial charge >= 0.3 is 12.0 Å². The second-order valence-electron chi connectivity index (χ2n) is 4.85. The number of benzene rings is 1. The Morgan fingerprint density at radius 2 is 2.04 bits per heavy atom. The highest BCUT2D eigenvalue weighted by Crippen LogP contribution is 2.21. The van der Waals surface area contributed by atoms with Crippen LogP contribution in [0.1, 0.15) is 25.3 Å². The molecule has 8 heteroatoms. The van der Waals surface area contributed by atoms with Crippen LogP contribution in [0.5, 0.6) is 5.75 Å². The molecule has 0 aliphatic rings. The smallest absolute Gasteiger partial charge is 0.318 e. The van der Waals surface area contributed by atoms with Crippen molar-refractivity contribution in [2.45, 2.75) is 32.8 Å². The molecule has 126 valence electrons. The van der Waals surface area contributed by atoms with Crippen molar-refractivity contribution in [1.29, 1.82) is 0 Å². The first kappa shape index (κ1) is 18.8. The SMILES string of the molecule is Cc1cc(Cl)ccc1OCCCC(=O)O[C@@H](C)C(=O)NC(N)=O. The normalized spacial score (nSPS) is 11.4. The van der Waals surface area contributed by atoms with E-state index >= 15 is 0 Å². The average molecular weight is 343 g/mol. The lowest BCUT2D eigenvalue weighted by Crippen LogP contribution is -2.42. The summed E-state index contributed by atoms with van der Waals surface area (Å²) in [6, 6.07) is 4.26. The first-order chi connectivity index (χ1) is 10.8. The van der Waals surface area contributed by atoms with Gasteiger partial charge in [0.1, 0.15) is 5.75 Å². The van der Waals surface area contributed by atoms with E-state index in [4.69, 9.17) is 26.8 Å². The number of urea groups is 1. The molecule has 3 N–H and O–H groups in total. The van der Waals surface area contributed by atoms with Crippen molar-refractivity contribution in [2.24, 2.45) is 5.73 Å². The van der Waals surface area contributed by atoms with Crippen LogP contribution in [0.15, 0.2) is 18.2 Å². The number of rotatable bonds is 7. The molecular formula is C15H19ClN2O5. The van der Waals surface area contributed by atoms with Gasteiger partial charge in [0.05, 0.1) is 6.61 Å². The van der Waals surface area contributed by atoms with Crippen molar-refractivity contribution in [1.82, 2.24) is 5.32 Å². The molecule has 0 heterocycles. The van der Waals surface area contributed by atoms with Gasteiger partial charge in [-0.1, -0.05) is 11.6 Å². The Morgan fingerprint density at radius 3 is 2.65 bits per heavy atom. The van der Waals surface area contributed by atoms with E-state index in [0.717, 1.165) is 5.56 Å². The fraction of sp³-hybridized carbons (Fsp3) is 0.400. The molecule has 1 aromatic rings. The highest BCUT2D eigenvalue weighted by atomic mass is 35.5. The third-order valence-corrected chi connectivity index (χ3v) is 3.08. The van der Waals surface area contributed by atoms with Crippen molar-refractivity contribution in [3.63, 3.8) is 0 Å². The maximum absolute atomic E-state index is 11.6. The Kier molecular flexibility index (Phi) is 7.34. The number of nitrogens with two attached hydrogens (primary N) is 1. The lowest BCUT2D eigenvalue weighted by molar-refractivity contribution is -0.154. The second-order valence-corrected chi connectivity index (χ2v) is 5.28. The molecule has 23 heavy (non-hydrogen) atoms. The Hall–Kier alpha value is -2.28. The zero-order valence-electron chi connectivity index (χ0n) is 12.9. The molecule has 0 saturated heterocycles. The third-order valence-electron chi connectivity index (χ3n) is 2.84. The van der Waals surface area contributed by atoms with Crippen molar-refractivity contribution in [3.05, 3.63) is 28.8 Å². The number of hydrogen-bond donors (Lipinski definition) is 2. The molecule has 0 aliphatic carbocycles. The summed E-state index contributed by atoms with van der Waals surface area (Å²) in [5.41, 5.74) is 5.70. The van der Waals surface area contributed by atoms with E-state index in [1.54, 1.807) is 18.2 Å². The van der Waals surface area contributed by atoms with Crippen molar-refractivity contribution in [2.75, 3.05) is 6.61 Å². The summed E-state index contributed by atoms with van der Waals surface area (Å²) < 4.78 is 10.4. The number of esters is 1. The predicted molar refractivity (Wildman–Crippen MR) is 84.2 cm³/mol. The van der Waals surface area contributed by atoms with E-state index in [0.29, 0.717) is 23.8 Å². The summed E-state index contributed by atoms with van der Waals surface area (Å²) in [6.45, 7) is 3.54. The Bertz CT molecular complexity index is 591. The number of ether oxygens (including phenoxy) is 2. The van der Waals surface area contributed by atoms with E-state index in [-0.39, 0.29) is 6.42 Å². The molecule has 1 atom stereocenters. The number of nitrogens with one attached hydrogen (secondary N) is 1. The molecule has 0 spiro atoms. The second kappa shape index (κ2) is 8.99. The monoisotopic (exact) mass is 342 g/mol. The fourth-order valence-corrected chi connectivity index (χ4v) is 1.93. The lowest BCUT2D eigenvalue weighted by atomic mass is 10.2. The number of halogens is 1. The number of imide groups is 1. The maximum Gasteiger partial charge on any atom is 0.318 e. The topological polar surface area (TPSA) is 108 Å². The van der Waals surface area contributed by atoms with E-state index < -0.39 is 24.0 Å². The minimum atomic E-state index is -1.09. The number of aryl methyl sites for hydroxylation is 1. The summed E-state index contributed by atoms with van der Waals surface area (Å²) in [4.78, 5) is 33.4. The Morgan fingerprint density at radius 1 is 1.35 bits per heavy atom. The van der Waals surface area contributed by atoms with Gasteiger partial charge < -0.3 is 15.2 Å². The molecule has 0 bridgehead atoms. The molecule has 7 nitrogen and oxygen atoms in total. The van der Waals surface area contributed by atoms with Gasteiger partial charge in [-0.2, -0.15) is 0 Å². The van der Waals surface area contributed by atoms with Gasteiger partial charge in [0.2, 0.25) is 0 Å². The van der Waals surface area contributed by atoms with Gasteiger partial charge in [0.25, 0.3) is 5.91 Å². The summed E-state index contributed by atoms with van der Waals surface area (Å²) in [5, 5.41) is 2.46. The molecule has 0 aromatic heterocycles. The predicted octanol–water partition coefficient (Wildman–Crippen LogP) is 1.93. The molecule has 0 unspecified atom stereocenters. The highest BCUT2D eigenvalue weighted by Gasteiger charge is 2.18. The van der Waals surface area contributed by atoms with Crippen molar-refractivity contribution in [3.8, 4) is 5.75 Å². The minimum Gasteiger partial charge on any atom is -0.493 e. The Balaban J connectivity index is 2.28. The highest BCUT2D eigenvalue weighted by molar-refractivity contribution is 6.30. The number of primary amides is 1.